The van der Waals surface area contributed by atoms with E-state index in [1.54, 1.807) is 32.0 Å². The molecule has 0 radical (unpaired) electrons. The van der Waals surface area contributed by atoms with Crippen molar-refractivity contribution in [2.24, 2.45) is 5.10 Å². The maximum absolute atomic E-state index is 12.5. The number of urea groups is 1. The number of hydrazone groups is 1. The zero-order valence-corrected chi connectivity index (χ0v) is 21.0. The topological polar surface area (TPSA) is 127 Å². The number of rotatable bonds is 9. The number of carbonyl (C=O) groups excluding carboxylic acids is 3. The third kappa shape index (κ3) is 6.14. The van der Waals surface area contributed by atoms with Gasteiger partial charge in [0.1, 0.15) is 0 Å². The summed E-state index contributed by atoms with van der Waals surface area (Å²) in [6.07, 6.45) is 1.53. The predicted molar refractivity (Wildman–Crippen MR) is 130 cm³/mol. The summed E-state index contributed by atoms with van der Waals surface area (Å²) in [6, 6.07) is 5.59. The summed E-state index contributed by atoms with van der Waals surface area (Å²) >= 11 is 4.86. The lowest BCUT2D eigenvalue weighted by molar-refractivity contribution is -0.139. The van der Waals surface area contributed by atoms with Crippen molar-refractivity contribution in [2.75, 3.05) is 20.3 Å². The highest BCUT2D eigenvalue weighted by Gasteiger charge is 2.32. The Bertz CT molecular complexity index is 1150. The van der Waals surface area contributed by atoms with Crippen LogP contribution >= 0.6 is 27.3 Å². The van der Waals surface area contributed by atoms with Gasteiger partial charge in [-0.1, -0.05) is 6.07 Å². The van der Waals surface area contributed by atoms with Crippen LogP contribution in [0.15, 0.2) is 50.5 Å². The smallest absolute Gasteiger partial charge is 0.338 e. The largest absolute Gasteiger partial charge is 0.493 e. The average molecular weight is 551 g/mol. The van der Waals surface area contributed by atoms with Gasteiger partial charge >= 0.3 is 12.0 Å². The fourth-order valence-corrected chi connectivity index (χ4v) is 4.48. The van der Waals surface area contributed by atoms with Gasteiger partial charge in [0, 0.05) is 10.2 Å². The van der Waals surface area contributed by atoms with Crippen LogP contribution in [-0.4, -0.2) is 44.4 Å². The SMILES string of the molecule is CCOC(=O)C1=C(C)NC(=O)N[C@H]1c1ccc(OCC(=O)N/N=C\c2sccc2Br)c(OC)c1. The number of allylic oxidation sites excluding steroid dienone is 1. The minimum Gasteiger partial charge on any atom is -0.493 e. The minimum absolute atomic E-state index is 0.198. The van der Waals surface area contributed by atoms with Gasteiger partial charge in [-0.3, -0.25) is 4.79 Å². The summed E-state index contributed by atoms with van der Waals surface area (Å²) in [6.45, 7) is 3.24. The van der Waals surface area contributed by atoms with Crippen molar-refractivity contribution in [1.29, 1.82) is 0 Å². The van der Waals surface area contributed by atoms with E-state index < -0.39 is 23.9 Å². The van der Waals surface area contributed by atoms with Crippen LogP contribution in [0.1, 0.15) is 30.3 Å². The first-order chi connectivity index (χ1) is 16.3. The zero-order chi connectivity index (χ0) is 24.7. The highest BCUT2D eigenvalue weighted by atomic mass is 79.9. The van der Waals surface area contributed by atoms with Gasteiger partial charge in [-0.05, 0) is 58.9 Å². The highest BCUT2D eigenvalue weighted by molar-refractivity contribution is 9.10. The van der Waals surface area contributed by atoms with Gasteiger partial charge in [0.25, 0.3) is 5.91 Å². The maximum Gasteiger partial charge on any atom is 0.338 e. The molecule has 3 amide bonds. The highest BCUT2D eigenvalue weighted by Crippen LogP contribution is 2.34. The molecule has 1 atom stereocenters. The number of hydrogen-bond acceptors (Lipinski definition) is 8. The number of nitrogens with one attached hydrogen (secondary N) is 3. The van der Waals surface area contributed by atoms with Gasteiger partial charge in [0.2, 0.25) is 0 Å². The van der Waals surface area contributed by atoms with Crippen LogP contribution < -0.4 is 25.5 Å². The number of thiophene rings is 1. The number of halogens is 1. The molecule has 1 aliphatic rings. The van der Waals surface area contributed by atoms with Gasteiger partial charge < -0.3 is 24.8 Å². The van der Waals surface area contributed by atoms with Crippen molar-refractivity contribution in [1.82, 2.24) is 16.1 Å². The van der Waals surface area contributed by atoms with E-state index in [2.05, 4.69) is 37.1 Å². The van der Waals surface area contributed by atoms with Crippen molar-refractivity contribution >= 4 is 51.4 Å². The van der Waals surface area contributed by atoms with Crippen molar-refractivity contribution in [3.05, 3.63) is 55.8 Å². The summed E-state index contributed by atoms with van der Waals surface area (Å²) in [5, 5.41) is 11.1. The van der Waals surface area contributed by atoms with Gasteiger partial charge in [-0.15, -0.1) is 11.3 Å². The standard InChI is InChI=1S/C22H23BrN4O6S/c1-4-32-21(29)19-12(2)25-22(30)26-20(19)13-5-6-15(16(9-13)31-3)33-11-18(28)27-24-10-17-14(23)7-8-34-17/h5-10,20H,4,11H2,1-3H3,(H,27,28)(H2,25,26,30)/b24-10-/t20-/m0/s1. The van der Waals surface area contributed by atoms with Gasteiger partial charge in [-0.2, -0.15) is 5.10 Å². The maximum atomic E-state index is 12.5. The molecule has 1 aliphatic heterocycles. The molecule has 34 heavy (non-hydrogen) atoms. The summed E-state index contributed by atoms with van der Waals surface area (Å²) in [4.78, 5) is 37.5. The molecule has 0 bridgehead atoms. The van der Waals surface area contributed by atoms with Gasteiger partial charge in [0.15, 0.2) is 18.1 Å². The lowest BCUT2D eigenvalue weighted by Gasteiger charge is -2.28. The first kappa shape index (κ1) is 25.2. The first-order valence-electron chi connectivity index (χ1n) is 10.1. The van der Waals surface area contributed by atoms with Crippen LogP contribution in [-0.2, 0) is 14.3 Å². The molecule has 0 saturated carbocycles. The molecule has 0 spiro atoms. The lowest BCUT2D eigenvalue weighted by Crippen LogP contribution is -2.45. The van der Waals surface area contributed by atoms with Crippen LogP contribution in [0.25, 0.3) is 0 Å². The van der Waals surface area contributed by atoms with Crippen LogP contribution in [0, 0.1) is 0 Å². The molecule has 2 heterocycles. The molecule has 0 saturated heterocycles. The van der Waals surface area contributed by atoms with Gasteiger partial charge in [-0.25, -0.2) is 15.0 Å². The van der Waals surface area contributed by atoms with E-state index in [1.807, 2.05) is 11.4 Å². The fourth-order valence-electron chi connectivity index (χ4n) is 3.14. The Morgan fingerprint density at radius 1 is 1.29 bits per heavy atom. The molecule has 12 heteroatoms. The second-order valence-electron chi connectivity index (χ2n) is 6.92. The number of esters is 1. The summed E-state index contributed by atoms with van der Waals surface area (Å²) < 4.78 is 17.0. The Balaban J connectivity index is 1.71. The Morgan fingerprint density at radius 3 is 2.76 bits per heavy atom. The quantitative estimate of drug-likeness (QED) is 0.250. The number of methoxy groups -OCH3 is 1. The Hall–Kier alpha value is -3.38. The van der Waals surface area contributed by atoms with E-state index in [9.17, 15) is 14.4 Å². The van der Waals surface area contributed by atoms with Crippen LogP contribution in [0.3, 0.4) is 0 Å². The van der Waals surface area contributed by atoms with E-state index in [-0.39, 0.29) is 18.8 Å². The number of carbonyl (C=O) groups is 3. The summed E-state index contributed by atoms with van der Waals surface area (Å²) in [5.74, 6) is -0.359. The third-order valence-electron chi connectivity index (χ3n) is 4.66. The van der Waals surface area contributed by atoms with Crippen LogP contribution in [0.5, 0.6) is 11.5 Å². The minimum atomic E-state index is -0.745. The molecular formula is C22H23BrN4O6S. The number of nitrogens with zero attached hydrogens (tertiary/aromatic N) is 1. The zero-order valence-electron chi connectivity index (χ0n) is 18.6. The molecular weight excluding hydrogens is 528 g/mol. The fraction of sp³-hybridized carbons (Fsp3) is 0.273. The first-order valence-corrected chi connectivity index (χ1v) is 11.8. The van der Waals surface area contributed by atoms with Crippen molar-refractivity contribution < 1.29 is 28.6 Å². The summed E-state index contributed by atoms with van der Waals surface area (Å²) in [7, 11) is 1.45. The van der Waals surface area contributed by atoms with Crippen molar-refractivity contribution in [3.8, 4) is 11.5 Å². The van der Waals surface area contributed by atoms with E-state index in [1.165, 1.54) is 24.7 Å². The molecule has 0 unspecified atom stereocenters. The molecule has 10 nitrogen and oxygen atoms in total. The molecule has 180 valence electrons. The Kier molecular flexibility index (Phi) is 8.66. The Morgan fingerprint density at radius 2 is 2.09 bits per heavy atom. The monoisotopic (exact) mass is 550 g/mol. The number of benzene rings is 1. The molecule has 2 aromatic rings. The van der Waals surface area contributed by atoms with E-state index in [0.29, 0.717) is 22.8 Å². The summed E-state index contributed by atoms with van der Waals surface area (Å²) in [5.41, 5.74) is 3.66. The number of ether oxygens (including phenoxy) is 3. The van der Waals surface area contributed by atoms with E-state index in [4.69, 9.17) is 14.2 Å². The average Bonchev–Trinajstić information content (AvgIpc) is 3.21. The van der Waals surface area contributed by atoms with Crippen molar-refractivity contribution in [3.63, 3.8) is 0 Å². The normalized spacial score (nSPS) is 15.5. The third-order valence-corrected chi connectivity index (χ3v) is 6.47. The van der Waals surface area contributed by atoms with E-state index >= 15 is 0 Å². The predicted octanol–water partition coefficient (Wildman–Crippen LogP) is 3.24. The number of hydrogen-bond donors (Lipinski definition) is 3. The van der Waals surface area contributed by atoms with Gasteiger partial charge in [0.05, 0.1) is 36.4 Å². The second kappa shape index (κ2) is 11.7. The van der Waals surface area contributed by atoms with Crippen molar-refractivity contribution in [2.45, 2.75) is 19.9 Å². The molecule has 3 N–H and O–H groups in total. The lowest BCUT2D eigenvalue weighted by atomic mass is 9.95. The molecule has 1 aromatic heterocycles. The Labute approximate surface area is 208 Å². The molecule has 0 aliphatic carbocycles. The second-order valence-corrected chi connectivity index (χ2v) is 8.72. The van der Waals surface area contributed by atoms with Crippen LogP contribution in [0.2, 0.25) is 0 Å². The van der Waals surface area contributed by atoms with E-state index in [0.717, 1.165) is 9.35 Å². The number of amides is 3. The molecule has 3 rings (SSSR count). The van der Waals surface area contributed by atoms with Crippen LogP contribution in [0.4, 0.5) is 4.79 Å². The molecule has 1 aromatic carbocycles. The molecule has 0 fully saturated rings.